The molecule has 0 fully saturated rings. The average molecular weight is 695 g/mol. The molecule has 4 aromatic carbocycles. The van der Waals surface area contributed by atoms with Gasteiger partial charge >= 0.3 is 0 Å². The van der Waals surface area contributed by atoms with Gasteiger partial charge in [-0.3, -0.25) is 0 Å². The van der Waals surface area contributed by atoms with E-state index >= 15 is 0 Å². The minimum absolute atomic E-state index is 0.00546. The van der Waals surface area contributed by atoms with E-state index in [9.17, 15) is 0 Å². The number of nitrogens with zero attached hydrogens (tertiary/aromatic N) is 2. The zero-order valence-corrected chi connectivity index (χ0v) is 33.6. The predicted molar refractivity (Wildman–Crippen MR) is 221 cm³/mol. The highest BCUT2D eigenvalue weighted by molar-refractivity contribution is 5.99. The molecule has 4 heterocycles. The molecule has 1 spiro atoms. The van der Waals surface area contributed by atoms with Crippen molar-refractivity contribution >= 4 is 16.5 Å². The van der Waals surface area contributed by atoms with Crippen LogP contribution >= 0.6 is 0 Å². The molecule has 0 radical (unpaired) electrons. The highest BCUT2D eigenvalue weighted by atomic mass is 15.1. The lowest BCUT2D eigenvalue weighted by atomic mass is 9.63. The highest BCUT2D eigenvalue weighted by Gasteiger charge is 2.57. The summed E-state index contributed by atoms with van der Waals surface area (Å²) in [6, 6.07) is 35.6. The van der Waals surface area contributed by atoms with E-state index in [1.807, 2.05) is 0 Å². The first-order valence-corrected chi connectivity index (χ1v) is 19.5. The minimum atomic E-state index is -0.502. The van der Waals surface area contributed by atoms with E-state index in [1.54, 1.807) is 0 Å². The topological polar surface area (TPSA) is 7.76 Å². The van der Waals surface area contributed by atoms with E-state index in [4.69, 9.17) is 6.58 Å². The molecule has 0 N–H and O–H groups in total. The molecule has 9 rings (SSSR count). The molecule has 53 heavy (non-hydrogen) atoms. The molecule has 0 saturated heterocycles. The van der Waals surface area contributed by atoms with Crippen molar-refractivity contribution in [3.05, 3.63) is 149 Å². The minimum Gasteiger partial charge on any atom is -0.196 e. The Labute approximate surface area is 316 Å². The number of aromatic nitrogens is 2. The fraction of sp³-hybridized carbons (Fsp3) is 0.333. The Morgan fingerprint density at radius 3 is 1.94 bits per heavy atom. The van der Waals surface area contributed by atoms with Crippen molar-refractivity contribution in [2.45, 2.75) is 110 Å². The van der Waals surface area contributed by atoms with Gasteiger partial charge in [0.2, 0.25) is 17.1 Å². The Bertz CT molecular complexity index is 2580. The lowest BCUT2D eigenvalue weighted by Gasteiger charge is -2.40. The fourth-order valence-electron chi connectivity index (χ4n) is 9.74. The summed E-state index contributed by atoms with van der Waals surface area (Å²) in [5, 5.41) is 2.65. The SMILES string of the molecule is C=C1[n+]2cc(C(C)(C)C)ccc2-c2cc3c(cc2C12C[n+]1ccc(C(C)(C)C)cc1-c1cc(C(C)(C)C)ccc12)C(C)(C)c1c-3ccc2ccccc12. The van der Waals surface area contributed by atoms with Gasteiger partial charge in [-0.05, 0) is 96.3 Å². The second-order valence-corrected chi connectivity index (χ2v) is 19.7. The molecule has 1 unspecified atom stereocenters. The maximum atomic E-state index is 5.11. The van der Waals surface area contributed by atoms with Gasteiger partial charge in [-0.25, -0.2) is 0 Å². The number of hydrogen-bond acceptors (Lipinski definition) is 0. The van der Waals surface area contributed by atoms with Crippen LogP contribution in [0.5, 0.6) is 0 Å². The second-order valence-electron chi connectivity index (χ2n) is 19.7. The van der Waals surface area contributed by atoms with Crippen molar-refractivity contribution in [3.63, 3.8) is 0 Å². The molecule has 2 aliphatic heterocycles. The molecule has 0 amide bonds. The fourth-order valence-corrected chi connectivity index (χ4v) is 9.74. The maximum Gasteiger partial charge on any atom is 0.218 e. The van der Waals surface area contributed by atoms with Gasteiger partial charge in [-0.15, -0.1) is 0 Å². The lowest BCUT2D eigenvalue weighted by molar-refractivity contribution is -0.698. The Kier molecular flexibility index (Phi) is 6.83. The molecule has 2 aromatic heterocycles. The van der Waals surface area contributed by atoms with Crippen molar-refractivity contribution < 1.29 is 9.13 Å². The molecule has 1 aliphatic carbocycles. The second kappa shape index (κ2) is 10.7. The Morgan fingerprint density at radius 2 is 1.23 bits per heavy atom. The summed E-state index contributed by atoms with van der Waals surface area (Å²) in [6.45, 7) is 31.6. The van der Waals surface area contributed by atoms with Gasteiger partial charge < -0.3 is 0 Å². The van der Waals surface area contributed by atoms with Crippen LogP contribution in [0.15, 0.2) is 110 Å². The van der Waals surface area contributed by atoms with Crippen LogP contribution in [-0.2, 0) is 33.6 Å². The molecule has 2 nitrogen and oxygen atoms in total. The first-order chi connectivity index (χ1) is 24.8. The van der Waals surface area contributed by atoms with Crippen LogP contribution in [0, 0.1) is 0 Å². The zero-order chi connectivity index (χ0) is 37.6. The summed E-state index contributed by atoms with van der Waals surface area (Å²) < 4.78 is 4.98. The van der Waals surface area contributed by atoms with Gasteiger partial charge in [-0.1, -0.05) is 131 Å². The number of pyridine rings is 2. The van der Waals surface area contributed by atoms with Crippen LogP contribution < -0.4 is 9.13 Å². The molecule has 0 bridgehead atoms. The molecular formula is C51H54N2+2. The Balaban J connectivity index is 1.40. The quantitative estimate of drug-likeness (QED) is 0.140. The van der Waals surface area contributed by atoms with Gasteiger partial charge in [0.05, 0.1) is 11.1 Å². The third kappa shape index (κ3) is 4.70. The van der Waals surface area contributed by atoms with E-state index in [1.165, 1.54) is 83.4 Å². The van der Waals surface area contributed by atoms with Crippen molar-refractivity contribution in [1.82, 2.24) is 0 Å². The predicted octanol–water partition coefficient (Wildman–Crippen LogP) is 11.7. The van der Waals surface area contributed by atoms with Gasteiger partial charge in [0.1, 0.15) is 0 Å². The number of allylic oxidation sites excluding steroid dienone is 1. The van der Waals surface area contributed by atoms with Crippen molar-refractivity contribution in [2.75, 3.05) is 0 Å². The highest BCUT2D eigenvalue weighted by Crippen LogP contribution is 2.58. The molecule has 6 aromatic rings. The lowest BCUT2D eigenvalue weighted by Crippen LogP contribution is -2.59. The summed E-state index contributed by atoms with van der Waals surface area (Å²) in [6.07, 6.45) is 4.73. The van der Waals surface area contributed by atoms with Crippen molar-refractivity contribution in [3.8, 4) is 33.6 Å². The maximum absolute atomic E-state index is 5.11. The Morgan fingerprint density at radius 1 is 0.566 bits per heavy atom. The first kappa shape index (κ1) is 34.0. The summed E-state index contributed by atoms with van der Waals surface area (Å²) >= 11 is 0. The monoisotopic (exact) mass is 694 g/mol. The smallest absolute Gasteiger partial charge is 0.196 e. The van der Waals surface area contributed by atoms with E-state index in [0.29, 0.717) is 0 Å². The average Bonchev–Trinajstić information content (AvgIpc) is 3.33. The van der Waals surface area contributed by atoms with Gasteiger partial charge in [0.25, 0.3) is 0 Å². The van der Waals surface area contributed by atoms with E-state index in [2.05, 4.69) is 189 Å². The normalized spacial score (nSPS) is 18.3. The molecule has 1 atom stereocenters. The third-order valence-corrected chi connectivity index (χ3v) is 12.9. The summed E-state index contributed by atoms with van der Waals surface area (Å²) in [5.74, 6) is 0. The third-order valence-electron chi connectivity index (χ3n) is 12.9. The largest absolute Gasteiger partial charge is 0.218 e. The van der Waals surface area contributed by atoms with Gasteiger partial charge in [-0.2, -0.15) is 9.13 Å². The van der Waals surface area contributed by atoms with Crippen LogP contribution in [0.25, 0.3) is 50.1 Å². The number of benzene rings is 4. The van der Waals surface area contributed by atoms with Crippen LogP contribution in [0.3, 0.4) is 0 Å². The summed E-state index contributed by atoms with van der Waals surface area (Å²) in [5.41, 5.74) is 17.9. The summed E-state index contributed by atoms with van der Waals surface area (Å²) in [4.78, 5) is 0. The van der Waals surface area contributed by atoms with Crippen molar-refractivity contribution in [1.29, 1.82) is 0 Å². The number of fused-ring (bicyclic) bond motifs is 13. The van der Waals surface area contributed by atoms with E-state index in [0.717, 1.165) is 12.2 Å². The molecule has 3 aliphatic rings. The molecular weight excluding hydrogens is 641 g/mol. The standard InChI is InChI=1S/C51H54N2/c1-31-51(30-52-24-23-34(48(5,6)7)26-45(52)39-25-33(47(2,3)4)18-21-41(39)51)43-28-42-38(27-40(43)44-22-19-35(29-53(31)44)49(8,9)10)37-20-17-32-15-13-14-16-36(32)46(37)50(42,11)12/h13-29H,1,30H2,2-12H3/q+2. The van der Waals surface area contributed by atoms with Crippen LogP contribution in [0.1, 0.15) is 115 Å². The number of rotatable bonds is 0. The Hall–Kier alpha value is -4.82. The van der Waals surface area contributed by atoms with Crippen LogP contribution in [-0.4, -0.2) is 0 Å². The molecule has 266 valence electrons. The van der Waals surface area contributed by atoms with Crippen molar-refractivity contribution in [2.24, 2.45) is 0 Å². The van der Waals surface area contributed by atoms with Gasteiger partial charge in [0, 0.05) is 29.2 Å². The van der Waals surface area contributed by atoms with E-state index in [-0.39, 0.29) is 21.7 Å². The molecule has 2 heteroatoms. The molecule has 0 saturated carbocycles. The summed E-state index contributed by atoms with van der Waals surface area (Å²) in [7, 11) is 0. The van der Waals surface area contributed by atoms with Crippen LogP contribution in [0.4, 0.5) is 0 Å². The van der Waals surface area contributed by atoms with Gasteiger partial charge in [0.15, 0.2) is 24.4 Å². The number of hydrogen-bond donors (Lipinski definition) is 0. The first-order valence-electron chi connectivity index (χ1n) is 19.5. The van der Waals surface area contributed by atoms with Crippen LogP contribution in [0.2, 0.25) is 0 Å². The zero-order valence-electron chi connectivity index (χ0n) is 33.6. The van der Waals surface area contributed by atoms with E-state index < -0.39 is 5.41 Å².